The van der Waals surface area contributed by atoms with E-state index in [4.69, 9.17) is 4.74 Å². The highest BCUT2D eigenvalue weighted by molar-refractivity contribution is 7.17. The highest BCUT2D eigenvalue weighted by Crippen LogP contribution is 2.44. The van der Waals surface area contributed by atoms with E-state index in [2.05, 4.69) is 4.98 Å². The van der Waals surface area contributed by atoms with Crippen LogP contribution in [0.2, 0.25) is 0 Å². The minimum absolute atomic E-state index is 0.00786. The smallest absolute Gasteiger partial charge is 0.350 e. The van der Waals surface area contributed by atoms with Crippen molar-refractivity contribution in [1.29, 1.82) is 0 Å². The number of nitro groups is 1. The van der Waals surface area contributed by atoms with Crippen molar-refractivity contribution in [2.75, 3.05) is 12.0 Å². The first-order valence-corrected chi connectivity index (χ1v) is 10.8. The lowest BCUT2D eigenvalue weighted by molar-refractivity contribution is -0.384. The third-order valence-corrected chi connectivity index (χ3v) is 6.48. The summed E-state index contributed by atoms with van der Waals surface area (Å²) in [6.45, 7) is 1.53. The first-order chi connectivity index (χ1) is 16.6. The number of nitrogens with zero attached hydrogens (tertiary/aromatic N) is 3. The Bertz CT molecular complexity index is 1400. The van der Waals surface area contributed by atoms with E-state index in [1.54, 1.807) is 0 Å². The number of halogens is 1. The van der Waals surface area contributed by atoms with Gasteiger partial charge in [-0.2, -0.15) is 0 Å². The summed E-state index contributed by atoms with van der Waals surface area (Å²) in [5.41, 5.74) is 0.0813. The van der Waals surface area contributed by atoms with Gasteiger partial charge in [0.25, 0.3) is 11.5 Å². The summed E-state index contributed by atoms with van der Waals surface area (Å²) in [4.78, 5) is 54.2. The van der Waals surface area contributed by atoms with Gasteiger partial charge < -0.3 is 9.84 Å². The predicted molar refractivity (Wildman–Crippen MR) is 122 cm³/mol. The molecule has 35 heavy (non-hydrogen) atoms. The Morgan fingerprint density at radius 2 is 1.80 bits per heavy atom. The van der Waals surface area contributed by atoms with E-state index < -0.39 is 40.2 Å². The van der Waals surface area contributed by atoms with Crippen molar-refractivity contribution in [1.82, 2.24) is 4.98 Å². The molecule has 1 fully saturated rings. The van der Waals surface area contributed by atoms with Gasteiger partial charge in [0, 0.05) is 17.7 Å². The van der Waals surface area contributed by atoms with Crippen molar-refractivity contribution in [2.24, 2.45) is 0 Å². The van der Waals surface area contributed by atoms with Gasteiger partial charge >= 0.3 is 11.9 Å². The summed E-state index contributed by atoms with van der Waals surface area (Å²) in [7, 11) is 1.19. The molecule has 2 aromatic carbocycles. The van der Waals surface area contributed by atoms with E-state index in [-0.39, 0.29) is 38.1 Å². The van der Waals surface area contributed by atoms with Gasteiger partial charge in [-0.05, 0) is 48.9 Å². The van der Waals surface area contributed by atoms with Gasteiger partial charge in [-0.15, -0.1) is 0 Å². The second kappa shape index (κ2) is 9.06. The fraction of sp³-hybridized carbons (Fsp3) is 0.130. The zero-order valence-corrected chi connectivity index (χ0v) is 19.0. The number of aromatic nitrogens is 1. The lowest BCUT2D eigenvalue weighted by Crippen LogP contribution is -2.29. The first-order valence-electron chi connectivity index (χ1n) is 10.0. The van der Waals surface area contributed by atoms with E-state index in [1.165, 1.54) is 50.4 Å². The molecule has 1 aliphatic rings. The van der Waals surface area contributed by atoms with E-state index in [0.29, 0.717) is 0 Å². The largest absolute Gasteiger partial charge is 0.507 e. The van der Waals surface area contributed by atoms with Crippen LogP contribution in [0.15, 0.2) is 54.1 Å². The van der Waals surface area contributed by atoms with E-state index in [9.17, 15) is 34.0 Å². The molecule has 12 heteroatoms. The highest BCUT2D eigenvalue weighted by atomic mass is 32.1. The third-order valence-electron chi connectivity index (χ3n) is 5.34. The Morgan fingerprint density at radius 3 is 2.37 bits per heavy atom. The molecule has 1 amide bonds. The van der Waals surface area contributed by atoms with Crippen LogP contribution in [-0.2, 0) is 14.3 Å². The number of esters is 1. The van der Waals surface area contributed by atoms with E-state index >= 15 is 0 Å². The number of ketones is 1. The molecule has 0 radical (unpaired) electrons. The number of aliphatic hydroxyl groups excluding tert-OH is 1. The SMILES string of the molecule is COC(=O)c1sc(N2C(=O)C(=O)C(=C(O)c3ccc(F)cc3)[C@@H]2c2ccc([N+](=O)[O-])cc2)nc1C. The van der Waals surface area contributed by atoms with E-state index in [0.717, 1.165) is 28.4 Å². The number of aryl methyl sites for hydroxylation is 1. The number of nitro benzene ring substituents is 1. The van der Waals surface area contributed by atoms with Crippen LogP contribution in [0.4, 0.5) is 15.2 Å². The maximum Gasteiger partial charge on any atom is 0.350 e. The van der Waals surface area contributed by atoms with Crippen molar-refractivity contribution in [3.63, 3.8) is 0 Å². The first kappa shape index (κ1) is 23.7. The van der Waals surface area contributed by atoms with Crippen LogP contribution in [0.1, 0.15) is 32.5 Å². The summed E-state index contributed by atoms with van der Waals surface area (Å²) in [6.07, 6.45) is 0. The van der Waals surface area contributed by atoms with Crippen molar-refractivity contribution < 1.29 is 33.5 Å². The van der Waals surface area contributed by atoms with Crippen molar-refractivity contribution in [3.8, 4) is 0 Å². The average molecular weight is 497 g/mol. The van der Waals surface area contributed by atoms with Gasteiger partial charge in [-0.25, -0.2) is 14.2 Å². The van der Waals surface area contributed by atoms with E-state index in [1.807, 2.05) is 0 Å². The molecule has 1 N–H and O–H groups in total. The molecule has 0 bridgehead atoms. The van der Waals surface area contributed by atoms with Crippen molar-refractivity contribution >= 4 is 45.6 Å². The summed E-state index contributed by atoms with van der Waals surface area (Å²) < 4.78 is 18.1. The Hall–Kier alpha value is -4.45. The molecule has 0 aliphatic carbocycles. The number of thiazole rings is 1. The van der Waals surface area contributed by atoms with Crippen LogP contribution in [0, 0.1) is 22.9 Å². The Kier molecular flexibility index (Phi) is 6.14. The van der Waals surface area contributed by atoms with Crippen LogP contribution >= 0.6 is 11.3 Å². The number of anilines is 1. The number of Topliss-reactive ketones (excluding diaryl/α,β-unsaturated/α-hetero) is 1. The van der Waals surface area contributed by atoms with Gasteiger partial charge in [0.2, 0.25) is 0 Å². The van der Waals surface area contributed by atoms with Crippen LogP contribution in [-0.4, -0.2) is 39.8 Å². The number of hydrogen-bond donors (Lipinski definition) is 1. The number of benzene rings is 2. The van der Waals surface area contributed by atoms with Crippen molar-refractivity contribution in [2.45, 2.75) is 13.0 Å². The fourth-order valence-corrected chi connectivity index (χ4v) is 4.67. The summed E-state index contributed by atoms with van der Waals surface area (Å²) in [5.74, 6) is -3.87. The quantitative estimate of drug-likeness (QED) is 0.140. The minimum Gasteiger partial charge on any atom is -0.507 e. The topological polar surface area (TPSA) is 140 Å². The molecule has 0 unspecified atom stereocenters. The highest BCUT2D eigenvalue weighted by Gasteiger charge is 2.48. The van der Waals surface area contributed by atoms with Crippen LogP contribution in [0.5, 0.6) is 0 Å². The van der Waals surface area contributed by atoms with Crippen LogP contribution in [0.25, 0.3) is 5.76 Å². The number of aliphatic hydroxyl groups is 1. The molecule has 178 valence electrons. The maximum absolute atomic E-state index is 13.4. The predicted octanol–water partition coefficient (Wildman–Crippen LogP) is 3.91. The minimum atomic E-state index is -1.23. The number of ether oxygens (including phenoxy) is 1. The van der Waals surface area contributed by atoms with Gasteiger partial charge in [-0.1, -0.05) is 11.3 Å². The molecular formula is C23H16FN3O7S. The summed E-state index contributed by atoms with van der Waals surface area (Å²) in [6, 6.07) is 8.51. The number of amides is 1. The number of non-ortho nitro benzene ring substituents is 1. The summed E-state index contributed by atoms with van der Waals surface area (Å²) in [5, 5.41) is 22.1. The average Bonchev–Trinajstić information content (AvgIpc) is 3.35. The zero-order valence-electron chi connectivity index (χ0n) is 18.2. The molecule has 2 heterocycles. The lowest BCUT2D eigenvalue weighted by Gasteiger charge is -2.22. The molecule has 0 spiro atoms. The molecule has 1 saturated heterocycles. The number of carbonyl (C=O) groups excluding carboxylic acids is 3. The Balaban J connectivity index is 1.93. The maximum atomic E-state index is 13.4. The molecule has 1 atom stereocenters. The van der Waals surface area contributed by atoms with Gasteiger partial charge in [0.05, 0.1) is 29.3 Å². The van der Waals surface area contributed by atoms with Crippen LogP contribution < -0.4 is 4.90 Å². The molecule has 10 nitrogen and oxygen atoms in total. The van der Waals surface area contributed by atoms with Gasteiger partial charge in [-0.3, -0.25) is 24.6 Å². The normalized spacial score (nSPS) is 17.0. The van der Waals surface area contributed by atoms with Crippen LogP contribution in [0.3, 0.4) is 0 Å². The third kappa shape index (κ3) is 4.15. The number of carbonyl (C=O) groups is 3. The second-order valence-corrected chi connectivity index (χ2v) is 8.40. The van der Waals surface area contributed by atoms with Crippen molar-refractivity contribution in [3.05, 3.63) is 91.7 Å². The molecule has 1 aromatic heterocycles. The zero-order chi connectivity index (χ0) is 25.4. The summed E-state index contributed by atoms with van der Waals surface area (Å²) >= 11 is 0.818. The monoisotopic (exact) mass is 497 g/mol. The molecule has 4 rings (SSSR count). The Morgan fingerprint density at radius 1 is 1.17 bits per heavy atom. The molecule has 0 saturated carbocycles. The second-order valence-electron chi connectivity index (χ2n) is 7.43. The molecule has 3 aromatic rings. The molecule has 1 aliphatic heterocycles. The number of rotatable bonds is 5. The number of methoxy groups -OCH3 is 1. The van der Waals surface area contributed by atoms with Gasteiger partial charge in [0.1, 0.15) is 16.5 Å². The Labute approximate surface area is 201 Å². The fourth-order valence-electron chi connectivity index (χ4n) is 3.65. The molecular weight excluding hydrogens is 481 g/mol. The lowest BCUT2D eigenvalue weighted by atomic mass is 9.95. The standard InChI is InChI=1S/C23H16FN3O7S/c1-11-20(22(31)34-2)35-23(25-11)26-17(12-5-9-15(10-6-12)27(32)33)16(19(29)21(26)30)18(28)13-3-7-14(24)8-4-13/h3-10,17,28H,1-2H3/t17-/m0/s1. The number of hydrogen-bond acceptors (Lipinski definition) is 9. The van der Waals surface area contributed by atoms with Gasteiger partial charge in [0.15, 0.2) is 5.13 Å².